The van der Waals surface area contributed by atoms with Crippen molar-refractivity contribution >= 4 is 29.9 Å². The van der Waals surface area contributed by atoms with Gasteiger partial charge in [0.2, 0.25) is 0 Å². The van der Waals surface area contributed by atoms with E-state index in [4.69, 9.17) is 10.5 Å². The fraction of sp³-hybridized carbons (Fsp3) is 0.786. The van der Waals surface area contributed by atoms with Gasteiger partial charge in [-0.1, -0.05) is 0 Å². The van der Waals surface area contributed by atoms with Crippen molar-refractivity contribution < 1.29 is 19.1 Å². The van der Waals surface area contributed by atoms with Crippen LogP contribution in [0.25, 0.3) is 0 Å². The van der Waals surface area contributed by atoms with Crippen molar-refractivity contribution in [3.05, 3.63) is 0 Å². The molecule has 2 fully saturated rings. The van der Waals surface area contributed by atoms with Crippen molar-refractivity contribution in [1.82, 2.24) is 0 Å². The Morgan fingerprint density at radius 3 is 1.85 bits per heavy atom. The smallest absolute Gasteiger partial charge is 0.306 e. The van der Waals surface area contributed by atoms with Gasteiger partial charge in [0.25, 0.3) is 0 Å². The van der Waals surface area contributed by atoms with Gasteiger partial charge in [0, 0.05) is 38.1 Å². The molecule has 2 rings (SSSR count). The molecule has 5 nitrogen and oxygen atoms in total. The fourth-order valence-corrected chi connectivity index (χ4v) is 1.87. The Morgan fingerprint density at radius 1 is 1.15 bits per heavy atom. The topological polar surface area (TPSA) is 86.5 Å². The number of esters is 1. The quantitative estimate of drug-likeness (QED) is 0.786. The molecule has 2 aliphatic carbocycles. The molecule has 6 heteroatoms. The van der Waals surface area contributed by atoms with Crippen LogP contribution in [0.2, 0.25) is 0 Å². The third-order valence-electron chi connectivity index (χ3n) is 2.89. The van der Waals surface area contributed by atoms with Gasteiger partial charge < -0.3 is 10.5 Å². The number of ketones is 2. The Bertz CT molecular complexity index is 360. The summed E-state index contributed by atoms with van der Waals surface area (Å²) >= 11 is 0. The Hall–Kier alpha value is -0.940. The lowest BCUT2D eigenvalue weighted by atomic mass is 9.82. The summed E-state index contributed by atoms with van der Waals surface area (Å²) in [6.45, 7) is 5.53. The lowest BCUT2D eigenvalue weighted by Crippen LogP contribution is -2.36. The van der Waals surface area contributed by atoms with Crippen molar-refractivity contribution in [1.29, 1.82) is 0 Å². The second kappa shape index (κ2) is 7.74. The third-order valence-corrected chi connectivity index (χ3v) is 2.89. The van der Waals surface area contributed by atoms with E-state index in [1.807, 2.05) is 20.8 Å². The van der Waals surface area contributed by atoms with Crippen molar-refractivity contribution in [3.8, 4) is 0 Å². The molecule has 2 aliphatic rings. The molecule has 0 atom stereocenters. The molecule has 0 aliphatic heterocycles. The summed E-state index contributed by atoms with van der Waals surface area (Å²) in [4.78, 5) is 31.9. The lowest BCUT2D eigenvalue weighted by Gasteiger charge is -2.25. The van der Waals surface area contributed by atoms with Crippen LogP contribution in [0.3, 0.4) is 0 Å². The molecule has 0 heterocycles. The summed E-state index contributed by atoms with van der Waals surface area (Å²) in [5.41, 5.74) is 4.84. The lowest BCUT2D eigenvalue weighted by molar-refractivity contribution is -0.157. The maximum absolute atomic E-state index is 11.2. The van der Waals surface area contributed by atoms with E-state index in [2.05, 4.69) is 0 Å². The van der Waals surface area contributed by atoms with Crippen LogP contribution in [-0.2, 0) is 19.1 Å². The first kappa shape index (κ1) is 19.1. The Kier molecular flexibility index (Phi) is 7.38. The Morgan fingerprint density at radius 2 is 1.60 bits per heavy atom. The molecule has 20 heavy (non-hydrogen) atoms. The van der Waals surface area contributed by atoms with E-state index in [0.29, 0.717) is 37.9 Å². The van der Waals surface area contributed by atoms with E-state index in [1.165, 1.54) is 0 Å². The van der Waals surface area contributed by atoms with Crippen LogP contribution in [0.1, 0.15) is 52.9 Å². The summed E-state index contributed by atoms with van der Waals surface area (Å²) in [5.74, 6) is 0.614. The molecule has 0 amide bonds. The molecular weight excluding hydrogens is 282 g/mol. The zero-order valence-corrected chi connectivity index (χ0v) is 13.1. The molecule has 0 bridgehead atoms. The van der Waals surface area contributed by atoms with Crippen LogP contribution in [0.5, 0.6) is 0 Å². The molecule has 0 unspecified atom stereocenters. The minimum Gasteiger partial charge on any atom is -0.460 e. The maximum Gasteiger partial charge on any atom is 0.306 e. The minimum atomic E-state index is -0.412. The van der Waals surface area contributed by atoms with E-state index in [9.17, 15) is 14.4 Å². The van der Waals surface area contributed by atoms with Gasteiger partial charge >= 0.3 is 5.97 Å². The zero-order chi connectivity index (χ0) is 14.6. The van der Waals surface area contributed by atoms with E-state index in [0.717, 1.165) is 0 Å². The molecule has 0 saturated heterocycles. The standard InChI is InChI=1S/C10H16O3.C4H7NO.ClH/c1-10(2,3)13-9(12)6-7-4-8(11)5-7;5-3-1-4(6)2-3;/h7H,4-6H2,1-3H3;3H,1-2,5H2;1H. The second-order valence-corrected chi connectivity index (χ2v) is 6.31. The summed E-state index contributed by atoms with van der Waals surface area (Å²) in [6, 6.07) is 0.192. The highest BCUT2D eigenvalue weighted by Gasteiger charge is 2.30. The zero-order valence-electron chi connectivity index (χ0n) is 12.3. The highest BCUT2D eigenvalue weighted by molar-refractivity contribution is 5.86. The molecule has 116 valence electrons. The largest absolute Gasteiger partial charge is 0.460 e. The average Bonchev–Trinajstić information content (AvgIpc) is 2.11. The fourth-order valence-electron chi connectivity index (χ4n) is 1.87. The average molecular weight is 306 g/mol. The Balaban J connectivity index is 0.000000434. The monoisotopic (exact) mass is 305 g/mol. The van der Waals surface area contributed by atoms with Crippen LogP contribution >= 0.6 is 12.4 Å². The van der Waals surface area contributed by atoms with Crippen LogP contribution < -0.4 is 5.73 Å². The van der Waals surface area contributed by atoms with Crippen LogP contribution in [-0.4, -0.2) is 29.2 Å². The molecule has 2 N–H and O–H groups in total. The van der Waals surface area contributed by atoms with Gasteiger partial charge in [-0.2, -0.15) is 0 Å². The third kappa shape index (κ3) is 7.60. The number of carbonyl (C=O) groups excluding carboxylic acids is 3. The van der Waals surface area contributed by atoms with Gasteiger partial charge in [-0.05, 0) is 26.7 Å². The van der Waals surface area contributed by atoms with Gasteiger partial charge in [0.15, 0.2) is 0 Å². The summed E-state index contributed by atoms with van der Waals surface area (Å²) in [7, 11) is 0. The van der Waals surface area contributed by atoms with Crippen LogP contribution in [0.4, 0.5) is 0 Å². The number of hydrogen-bond acceptors (Lipinski definition) is 5. The predicted octanol–water partition coefficient (Wildman–Crippen LogP) is 1.80. The molecule has 0 aromatic rings. The summed E-state index contributed by atoms with van der Waals surface area (Å²) in [6.07, 6.45) is 2.72. The van der Waals surface area contributed by atoms with Crippen LogP contribution in [0, 0.1) is 5.92 Å². The molecule has 0 spiro atoms. The highest BCUT2D eigenvalue weighted by Crippen LogP contribution is 2.27. The minimum absolute atomic E-state index is 0. The second-order valence-electron chi connectivity index (χ2n) is 6.31. The molecule has 2 saturated carbocycles. The van der Waals surface area contributed by atoms with Gasteiger partial charge in [0.05, 0.1) is 0 Å². The van der Waals surface area contributed by atoms with E-state index in [1.54, 1.807) is 0 Å². The van der Waals surface area contributed by atoms with Crippen molar-refractivity contribution in [3.63, 3.8) is 0 Å². The first-order chi connectivity index (χ1) is 8.65. The van der Waals surface area contributed by atoms with Crippen molar-refractivity contribution in [2.45, 2.75) is 64.5 Å². The normalized spacial score (nSPS) is 19.0. The maximum atomic E-state index is 11.2. The number of hydrogen-bond donors (Lipinski definition) is 1. The molecule has 0 aromatic heterocycles. The predicted molar refractivity (Wildman–Crippen MR) is 77.7 cm³/mol. The number of carbonyl (C=O) groups is 3. The van der Waals surface area contributed by atoms with Gasteiger partial charge in [-0.25, -0.2) is 0 Å². The van der Waals surface area contributed by atoms with E-state index in [-0.39, 0.29) is 36.1 Å². The van der Waals surface area contributed by atoms with E-state index >= 15 is 0 Å². The summed E-state index contributed by atoms with van der Waals surface area (Å²) < 4.78 is 5.13. The number of nitrogens with two attached hydrogens (primary N) is 1. The van der Waals surface area contributed by atoms with Gasteiger partial charge in [0.1, 0.15) is 17.2 Å². The first-order valence-corrected chi connectivity index (χ1v) is 6.66. The number of ether oxygens (including phenoxy) is 1. The van der Waals surface area contributed by atoms with Gasteiger partial charge in [-0.15, -0.1) is 12.4 Å². The van der Waals surface area contributed by atoms with Crippen molar-refractivity contribution in [2.75, 3.05) is 0 Å². The summed E-state index contributed by atoms with van der Waals surface area (Å²) in [5, 5.41) is 0. The van der Waals surface area contributed by atoms with Crippen molar-refractivity contribution in [2.24, 2.45) is 11.7 Å². The molecular formula is C14H24ClNO4. The Labute approximate surface area is 126 Å². The molecule has 0 aromatic carbocycles. The number of Topliss-reactive ketones (excluding diaryl/α,β-unsaturated/α-hetero) is 2. The number of rotatable bonds is 2. The van der Waals surface area contributed by atoms with E-state index < -0.39 is 5.60 Å². The SMILES string of the molecule is CC(C)(C)OC(=O)CC1CC(=O)C1.Cl.NC1CC(=O)C1. The molecule has 0 radical (unpaired) electrons. The number of halogens is 1. The van der Waals surface area contributed by atoms with Gasteiger partial charge in [-0.3, -0.25) is 14.4 Å². The van der Waals surface area contributed by atoms with Crippen LogP contribution in [0.15, 0.2) is 0 Å². The first-order valence-electron chi connectivity index (χ1n) is 6.66. The highest BCUT2D eigenvalue weighted by atomic mass is 35.5.